The molecule has 1 unspecified atom stereocenters. The van der Waals surface area contributed by atoms with Gasteiger partial charge in [0.1, 0.15) is 0 Å². The quantitative estimate of drug-likeness (QED) is 0.368. The Morgan fingerprint density at radius 1 is 0.692 bits per heavy atom. The largest absolute Gasteiger partial charge is 0.431 e. The van der Waals surface area contributed by atoms with Crippen molar-refractivity contribution >= 4 is 0 Å². The van der Waals surface area contributed by atoms with E-state index in [-0.39, 0.29) is 12.8 Å². The van der Waals surface area contributed by atoms with Crippen LogP contribution in [0.5, 0.6) is 0 Å². The molecule has 8 heteroatoms. The van der Waals surface area contributed by atoms with Gasteiger partial charge in [-0.05, 0) is 24.7 Å². The molecule has 3 aliphatic carbocycles. The fraction of sp³-hybridized carbons (Fsp3) is 1.00. The molecule has 3 saturated carbocycles. The molecule has 1 atom stereocenters. The Hall–Kier alpha value is -0.530. The summed E-state index contributed by atoms with van der Waals surface area (Å²) in [7, 11) is 0. The van der Waals surface area contributed by atoms with Crippen molar-refractivity contribution in [3.63, 3.8) is 0 Å². The molecule has 0 bridgehead atoms. The summed E-state index contributed by atoms with van der Waals surface area (Å²) in [5.74, 6) is 1.38. The Labute approximate surface area is 150 Å². The van der Waals surface area contributed by atoms with Gasteiger partial charge in [0.15, 0.2) is 0 Å². The molecule has 0 amide bonds. The molecule has 4 fully saturated rings. The lowest BCUT2D eigenvalue weighted by Crippen LogP contribution is -2.53. The first-order valence-corrected chi connectivity index (χ1v) is 9.20. The first-order valence-electron chi connectivity index (χ1n) is 9.20. The third-order valence-electron chi connectivity index (χ3n) is 4.40. The third kappa shape index (κ3) is 9.97. The van der Waals surface area contributed by atoms with Crippen LogP contribution in [0.1, 0.15) is 65.7 Å². The molecule has 156 valence electrons. The molecule has 1 nitrogen and oxygen atoms in total. The van der Waals surface area contributed by atoms with Crippen LogP contribution < -0.4 is 0 Å². The van der Waals surface area contributed by atoms with Gasteiger partial charge in [-0.15, -0.1) is 0 Å². The van der Waals surface area contributed by atoms with Crippen LogP contribution in [0.15, 0.2) is 0 Å². The van der Waals surface area contributed by atoms with E-state index in [1.165, 1.54) is 25.7 Å². The van der Waals surface area contributed by atoms with Crippen LogP contribution in [-0.4, -0.2) is 30.7 Å². The first-order chi connectivity index (χ1) is 11.8. The van der Waals surface area contributed by atoms with Gasteiger partial charge in [0.2, 0.25) is 0 Å². The van der Waals surface area contributed by atoms with Gasteiger partial charge in [0, 0.05) is 6.42 Å². The molecule has 1 aliphatic heterocycles. The maximum Gasteiger partial charge on any atom is 0.431 e. The van der Waals surface area contributed by atoms with E-state index in [1.807, 2.05) is 0 Å². The normalized spacial score (nSPS) is 24.9. The zero-order chi connectivity index (χ0) is 20.2. The second-order valence-electron chi connectivity index (χ2n) is 7.95. The van der Waals surface area contributed by atoms with Crippen molar-refractivity contribution in [2.24, 2.45) is 17.8 Å². The molecular formula is C18H29F7O. The molecule has 0 spiro atoms. The van der Waals surface area contributed by atoms with Crippen LogP contribution >= 0.6 is 0 Å². The average Bonchev–Trinajstić information content (AvgIpc) is 3.27. The predicted octanol–water partition coefficient (Wildman–Crippen LogP) is 6.86. The number of ether oxygens (including phenoxy) is 1. The van der Waals surface area contributed by atoms with E-state index >= 15 is 0 Å². The first kappa shape index (κ1) is 23.5. The van der Waals surface area contributed by atoms with Crippen molar-refractivity contribution in [2.75, 3.05) is 6.61 Å². The Morgan fingerprint density at radius 3 is 1.08 bits per heavy atom. The topological polar surface area (TPSA) is 12.5 Å². The van der Waals surface area contributed by atoms with E-state index in [1.54, 1.807) is 0 Å². The molecule has 0 aromatic carbocycles. The fourth-order valence-corrected chi connectivity index (χ4v) is 1.54. The Balaban J connectivity index is 0.000000223. The second kappa shape index (κ2) is 9.11. The summed E-state index contributed by atoms with van der Waals surface area (Å²) in [4.78, 5) is 0. The molecule has 0 N–H and O–H groups in total. The number of halogens is 7. The van der Waals surface area contributed by atoms with E-state index in [2.05, 4.69) is 20.8 Å². The number of hydrogen-bond donors (Lipinski definition) is 0. The molecule has 0 radical (unpaired) electrons. The van der Waals surface area contributed by atoms with Crippen molar-refractivity contribution in [2.45, 2.75) is 89.8 Å². The predicted molar refractivity (Wildman–Crippen MR) is 85.5 cm³/mol. The van der Waals surface area contributed by atoms with Crippen LogP contribution in [0.2, 0.25) is 0 Å². The highest BCUT2D eigenvalue weighted by atomic mass is 19.4. The minimum atomic E-state index is -5.88. The van der Waals surface area contributed by atoms with Gasteiger partial charge < -0.3 is 4.74 Å². The van der Waals surface area contributed by atoms with E-state index in [0.717, 1.165) is 18.4 Å². The van der Waals surface area contributed by atoms with Gasteiger partial charge in [-0.1, -0.05) is 52.4 Å². The van der Waals surface area contributed by atoms with Gasteiger partial charge in [-0.3, -0.25) is 0 Å². The molecule has 1 saturated heterocycles. The van der Waals surface area contributed by atoms with Crippen molar-refractivity contribution in [1.29, 1.82) is 0 Å². The molecule has 0 aromatic rings. The molecular weight excluding hydrogens is 365 g/mol. The van der Waals surface area contributed by atoms with Crippen LogP contribution in [-0.2, 0) is 4.74 Å². The summed E-state index contributed by atoms with van der Waals surface area (Å²) in [6.07, 6.45) is -6.27. The molecule has 4 aliphatic rings. The highest BCUT2D eigenvalue weighted by molar-refractivity contribution is 4.98. The summed E-state index contributed by atoms with van der Waals surface area (Å²) in [6, 6.07) is 0. The van der Waals surface area contributed by atoms with Crippen molar-refractivity contribution < 1.29 is 35.5 Å². The van der Waals surface area contributed by atoms with Gasteiger partial charge in [0.25, 0.3) is 5.67 Å². The Morgan fingerprint density at radius 2 is 0.962 bits per heavy atom. The minimum absolute atomic E-state index is 0.234. The van der Waals surface area contributed by atoms with Gasteiger partial charge in [-0.25, -0.2) is 4.39 Å². The number of hydrogen-bond acceptors (Lipinski definition) is 1. The Kier molecular flexibility index (Phi) is 8.24. The van der Waals surface area contributed by atoms with E-state index < -0.39 is 30.4 Å². The number of rotatable bonds is 2. The smallest absolute Gasteiger partial charge is 0.373 e. The zero-order valence-electron chi connectivity index (χ0n) is 15.5. The van der Waals surface area contributed by atoms with Crippen molar-refractivity contribution in [1.82, 2.24) is 0 Å². The summed E-state index contributed by atoms with van der Waals surface area (Å²) < 4.78 is 88.9. The second-order valence-corrected chi connectivity index (χ2v) is 7.95. The van der Waals surface area contributed by atoms with Crippen molar-refractivity contribution in [3.8, 4) is 0 Å². The van der Waals surface area contributed by atoms with Crippen LogP contribution in [0.3, 0.4) is 0 Å². The van der Waals surface area contributed by atoms with Gasteiger partial charge in [-0.2, -0.15) is 26.3 Å². The van der Waals surface area contributed by atoms with Crippen LogP contribution in [0.4, 0.5) is 30.7 Å². The summed E-state index contributed by atoms with van der Waals surface area (Å²) >= 11 is 0. The third-order valence-corrected chi connectivity index (χ3v) is 4.40. The summed E-state index contributed by atoms with van der Waals surface area (Å²) in [5.41, 5.74) is -5.04. The van der Waals surface area contributed by atoms with E-state index in [4.69, 9.17) is 4.74 Å². The molecule has 4 rings (SSSR count). The lowest BCUT2D eigenvalue weighted by Gasteiger charge is -2.29. The van der Waals surface area contributed by atoms with Crippen molar-refractivity contribution in [3.05, 3.63) is 0 Å². The van der Waals surface area contributed by atoms with Gasteiger partial charge >= 0.3 is 12.4 Å². The molecule has 1 heterocycles. The highest BCUT2D eigenvalue weighted by Crippen LogP contribution is 2.53. The number of epoxide rings is 1. The number of alkyl halides is 7. The summed E-state index contributed by atoms with van der Waals surface area (Å²) in [5, 5.41) is 0. The van der Waals surface area contributed by atoms with Crippen LogP contribution in [0, 0.1) is 17.8 Å². The monoisotopic (exact) mass is 394 g/mol. The molecule has 26 heavy (non-hydrogen) atoms. The fourth-order valence-electron chi connectivity index (χ4n) is 1.54. The minimum Gasteiger partial charge on any atom is -0.373 e. The Bertz CT molecular complexity index is 365. The van der Waals surface area contributed by atoms with E-state index in [0.29, 0.717) is 6.10 Å². The maximum absolute atomic E-state index is 12.8. The summed E-state index contributed by atoms with van der Waals surface area (Å²) in [6.45, 7) is 7.60. The highest BCUT2D eigenvalue weighted by Gasteiger charge is 2.73. The average molecular weight is 394 g/mol. The zero-order valence-corrected chi connectivity index (χ0v) is 15.5. The lowest BCUT2D eigenvalue weighted by molar-refractivity contribution is -0.344. The van der Waals surface area contributed by atoms with Gasteiger partial charge in [0.05, 0.1) is 12.7 Å². The van der Waals surface area contributed by atoms with Crippen LogP contribution in [0.25, 0.3) is 0 Å². The lowest BCUT2D eigenvalue weighted by atomic mass is 9.97. The standard InChI is InChI=1S/C7H7F7.2C4H8.C3H6O/c8-5(6(9,10)11,7(12,13)14)3-4-1-2-4;2*1-4-2-3-4;1-3-2-4-3/h4H,1-3H2;2*4H,2-3H2,1H3;3H,2H2,1H3. The SMILES string of the molecule is CC1CC1.CC1CC1.CC1CO1.FC(F)(F)C(F)(CC1CC1)C(F)(F)F. The molecule has 0 aromatic heterocycles. The van der Waals surface area contributed by atoms with E-state index in [9.17, 15) is 30.7 Å². The maximum atomic E-state index is 12.8.